The Balaban J connectivity index is 1.21. The second-order valence-electron chi connectivity index (χ2n) is 8.24. The molecular formula is C20H34N6O3. The third kappa shape index (κ3) is 6.15. The third-order valence-corrected chi connectivity index (χ3v) is 6.06. The number of likely N-dealkylation sites (tertiary alicyclic amines) is 1. The van der Waals surface area contributed by atoms with Crippen molar-refractivity contribution in [2.75, 3.05) is 84.1 Å². The Morgan fingerprint density at radius 2 is 1.76 bits per heavy atom. The Bertz CT molecular complexity index is 642. The van der Waals surface area contributed by atoms with Crippen LogP contribution in [0.25, 0.3) is 0 Å². The number of aromatic nitrogens is 2. The van der Waals surface area contributed by atoms with Crippen LogP contribution in [0.1, 0.15) is 12.8 Å². The lowest BCUT2D eigenvalue weighted by atomic mass is 9.97. The van der Waals surface area contributed by atoms with Gasteiger partial charge in [-0.05, 0) is 18.8 Å². The predicted octanol–water partition coefficient (Wildman–Crippen LogP) is 0.791. The number of amides is 2. The molecule has 0 saturated carbocycles. The first-order chi connectivity index (χ1) is 14.3. The van der Waals surface area contributed by atoms with Crippen LogP contribution in [0.2, 0.25) is 0 Å². The summed E-state index contributed by atoms with van der Waals surface area (Å²) in [6.45, 7) is 11.7. The van der Waals surface area contributed by atoms with Gasteiger partial charge in [-0.2, -0.15) is 5.10 Å². The molecule has 3 fully saturated rings. The van der Waals surface area contributed by atoms with E-state index in [2.05, 4.69) is 20.2 Å². The van der Waals surface area contributed by atoms with Gasteiger partial charge in [0.05, 0.1) is 44.9 Å². The highest BCUT2D eigenvalue weighted by Gasteiger charge is 2.26. The van der Waals surface area contributed by atoms with Gasteiger partial charge in [0.1, 0.15) is 0 Å². The molecule has 0 radical (unpaired) electrons. The summed E-state index contributed by atoms with van der Waals surface area (Å²) >= 11 is 0. The average Bonchev–Trinajstić information content (AvgIpc) is 3.21. The third-order valence-electron chi connectivity index (χ3n) is 6.06. The number of nitrogens with zero attached hydrogens (tertiary/aromatic N) is 5. The van der Waals surface area contributed by atoms with Crippen LogP contribution in [0.4, 0.5) is 10.5 Å². The minimum absolute atomic E-state index is 0.00981. The molecule has 4 rings (SSSR count). The lowest BCUT2D eigenvalue weighted by Gasteiger charge is -2.36. The van der Waals surface area contributed by atoms with Gasteiger partial charge in [0.2, 0.25) is 0 Å². The number of urea groups is 1. The van der Waals surface area contributed by atoms with E-state index in [1.54, 1.807) is 6.20 Å². The maximum Gasteiger partial charge on any atom is 0.321 e. The van der Waals surface area contributed by atoms with Crippen LogP contribution in [0.15, 0.2) is 12.4 Å². The number of rotatable bonds is 6. The van der Waals surface area contributed by atoms with Crippen molar-refractivity contribution in [3.63, 3.8) is 0 Å². The van der Waals surface area contributed by atoms with E-state index < -0.39 is 0 Å². The monoisotopic (exact) mass is 406 g/mol. The van der Waals surface area contributed by atoms with E-state index in [-0.39, 0.29) is 6.03 Å². The predicted molar refractivity (Wildman–Crippen MR) is 110 cm³/mol. The molecule has 1 N–H and O–H groups in total. The number of carbonyl (C=O) groups is 1. The standard InChI is InChI=1S/C20H34N6O3/c27-20(25-3-1-2-18(16-25)15-24-8-12-29-13-9-24)22-19-14-21-26(17-19)5-4-23-6-10-28-11-7-23/h14,17-18H,1-13,15-16H2,(H,22,27)/t18-/m1/s1. The molecule has 0 unspecified atom stereocenters. The SMILES string of the molecule is O=C(Nc1cnn(CCN2CCOCC2)c1)N1CCC[C@H](CN2CCOCC2)C1. The highest BCUT2D eigenvalue weighted by molar-refractivity contribution is 5.89. The summed E-state index contributed by atoms with van der Waals surface area (Å²) in [5.74, 6) is 0.545. The zero-order valence-electron chi connectivity index (χ0n) is 17.3. The maximum atomic E-state index is 12.7. The quantitative estimate of drug-likeness (QED) is 0.753. The number of ether oxygens (including phenoxy) is 2. The molecule has 1 aromatic rings. The summed E-state index contributed by atoms with van der Waals surface area (Å²) in [5, 5.41) is 7.43. The summed E-state index contributed by atoms with van der Waals surface area (Å²) in [7, 11) is 0. The minimum atomic E-state index is -0.00981. The average molecular weight is 407 g/mol. The lowest BCUT2D eigenvalue weighted by molar-refractivity contribution is 0.0252. The molecule has 3 aliphatic rings. The van der Waals surface area contributed by atoms with Crippen LogP contribution in [-0.2, 0) is 16.0 Å². The largest absolute Gasteiger partial charge is 0.379 e. The molecule has 29 heavy (non-hydrogen) atoms. The van der Waals surface area contributed by atoms with Crippen molar-refractivity contribution < 1.29 is 14.3 Å². The molecule has 1 aromatic heterocycles. The lowest BCUT2D eigenvalue weighted by Crippen LogP contribution is -2.47. The van der Waals surface area contributed by atoms with Gasteiger partial charge >= 0.3 is 6.03 Å². The fourth-order valence-corrected chi connectivity index (χ4v) is 4.37. The smallest absolute Gasteiger partial charge is 0.321 e. The molecule has 9 nitrogen and oxygen atoms in total. The van der Waals surface area contributed by atoms with Crippen LogP contribution in [0, 0.1) is 5.92 Å². The molecule has 0 bridgehead atoms. The minimum Gasteiger partial charge on any atom is -0.379 e. The summed E-state index contributed by atoms with van der Waals surface area (Å²) in [6.07, 6.45) is 5.93. The zero-order chi connectivity index (χ0) is 19.9. The number of anilines is 1. The second kappa shape index (κ2) is 10.4. The molecule has 0 spiro atoms. The molecule has 2 amide bonds. The summed E-state index contributed by atoms with van der Waals surface area (Å²) in [4.78, 5) is 19.5. The van der Waals surface area contributed by atoms with Crippen molar-refractivity contribution in [3.05, 3.63) is 12.4 Å². The van der Waals surface area contributed by atoms with Gasteiger partial charge < -0.3 is 19.7 Å². The number of hydrogen-bond donors (Lipinski definition) is 1. The highest BCUT2D eigenvalue weighted by atomic mass is 16.5. The summed E-state index contributed by atoms with van der Waals surface area (Å²) in [5.41, 5.74) is 0.771. The van der Waals surface area contributed by atoms with Gasteiger partial charge in [0.15, 0.2) is 0 Å². The van der Waals surface area contributed by atoms with E-state index in [0.29, 0.717) is 5.92 Å². The van der Waals surface area contributed by atoms with E-state index in [0.717, 1.165) is 97.4 Å². The first-order valence-electron chi connectivity index (χ1n) is 10.9. The van der Waals surface area contributed by atoms with Gasteiger partial charge in [0.25, 0.3) is 0 Å². The van der Waals surface area contributed by atoms with Crippen molar-refractivity contribution in [3.8, 4) is 0 Å². The molecule has 9 heteroatoms. The van der Waals surface area contributed by atoms with E-state index >= 15 is 0 Å². The van der Waals surface area contributed by atoms with Crippen molar-refractivity contribution in [1.82, 2.24) is 24.5 Å². The highest BCUT2D eigenvalue weighted by Crippen LogP contribution is 2.19. The van der Waals surface area contributed by atoms with Crippen LogP contribution < -0.4 is 5.32 Å². The fourth-order valence-electron chi connectivity index (χ4n) is 4.37. The van der Waals surface area contributed by atoms with Gasteiger partial charge in [-0.15, -0.1) is 0 Å². The molecule has 4 heterocycles. The molecule has 0 aliphatic carbocycles. The van der Waals surface area contributed by atoms with Crippen LogP contribution in [0.5, 0.6) is 0 Å². The molecule has 1 atom stereocenters. The zero-order valence-corrected chi connectivity index (χ0v) is 17.3. The van der Waals surface area contributed by atoms with E-state index in [9.17, 15) is 4.79 Å². The van der Waals surface area contributed by atoms with E-state index in [4.69, 9.17) is 9.47 Å². The normalized spacial score (nSPS) is 24.6. The number of nitrogens with one attached hydrogen (secondary N) is 1. The molecular weight excluding hydrogens is 372 g/mol. The van der Waals surface area contributed by atoms with Crippen molar-refractivity contribution in [2.45, 2.75) is 19.4 Å². The van der Waals surface area contributed by atoms with Crippen molar-refractivity contribution >= 4 is 11.7 Å². The van der Waals surface area contributed by atoms with Crippen LogP contribution in [-0.4, -0.2) is 109 Å². The number of carbonyl (C=O) groups excluding carboxylic acids is 1. The molecule has 3 saturated heterocycles. The Morgan fingerprint density at radius 3 is 2.52 bits per heavy atom. The first kappa shape index (κ1) is 20.6. The van der Waals surface area contributed by atoms with Gasteiger partial charge in [-0.25, -0.2) is 4.79 Å². The summed E-state index contributed by atoms with van der Waals surface area (Å²) < 4.78 is 12.7. The molecule has 0 aromatic carbocycles. The Kier molecular flexibility index (Phi) is 7.37. The topological polar surface area (TPSA) is 75.1 Å². The Labute approximate surface area is 172 Å². The van der Waals surface area contributed by atoms with Gasteiger partial charge in [-0.3, -0.25) is 14.5 Å². The van der Waals surface area contributed by atoms with Crippen molar-refractivity contribution in [2.24, 2.45) is 5.92 Å². The number of morpholine rings is 2. The molecule has 162 valence electrons. The summed E-state index contributed by atoms with van der Waals surface area (Å²) in [6, 6.07) is -0.00981. The van der Waals surface area contributed by atoms with Crippen LogP contribution >= 0.6 is 0 Å². The van der Waals surface area contributed by atoms with Crippen LogP contribution in [0.3, 0.4) is 0 Å². The van der Waals surface area contributed by atoms with E-state index in [1.165, 1.54) is 6.42 Å². The van der Waals surface area contributed by atoms with Gasteiger partial charge in [0, 0.05) is 58.6 Å². The second-order valence-corrected chi connectivity index (χ2v) is 8.24. The van der Waals surface area contributed by atoms with Gasteiger partial charge in [-0.1, -0.05) is 0 Å². The Hall–Kier alpha value is -1.68. The Morgan fingerprint density at radius 1 is 1.03 bits per heavy atom. The van der Waals surface area contributed by atoms with E-state index in [1.807, 2.05) is 15.8 Å². The maximum absolute atomic E-state index is 12.7. The fraction of sp³-hybridized carbons (Fsp3) is 0.800. The molecule has 3 aliphatic heterocycles. The number of hydrogen-bond acceptors (Lipinski definition) is 6. The van der Waals surface area contributed by atoms with Crippen molar-refractivity contribution in [1.29, 1.82) is 0 Å². The number of piperidine rings is 1. The first-order valence-corrected chi connectivity index (χ1v) is 10.9.